The number of amides is 1. The predicted octanol–water partition coefficient (Wildman–Crippen LogP) is 2.43. The maximum absolute atomic E-state index is 12.6. The summed E-state index contributed by atoms with van der Waals surface area (Å²) in [5, 5.41) is 13.5. The maximum Gasteiger partial charge on any atom is 0.253 e. The van der Waals surface area contributed by atoms with Crippen molar-refractivity contribution in [1.82, 2.24) is 15.2 Å². The number of piperidine rings is 1. The lowest BCUT2D eigenvalue weighted by Gasteiger charge is -2.34. The van der Waals surface area contributed by atoms with E-state index in [0.29, 0.717) is 12.1 Å². The van der Waals surface area contributed by atoms with Crippen LogP contribution < -0.4 is 5.32 Å². The Kier molecular flexibility index (Phi) is 5.66. The number of pyridine rings is 1. The van der Waals surface area contributed by atoms with Crippen LogP contribution in [0.2, 0.25) is 0 Å². The molecule has 0 unspecified atom stereocenters. The Labute approximate surface area is 149 Å². The SMILES string of the molecule is Cc1ccc2nc(C)c(C(=O)NCCN3CCCC[C@H]3CO)cc2c1. The average molecular weight is 341 g/mol. The highest BCUT2D eigenvalue weighted by atomic mass is 16.3. The molecule has 25 heavy (non-hydrogen) atoms. The molecule has 1 amide bonds. The summed E-state index contributed by atoms with van der Waals surface area (Å²) in [5.41, 5.74) is 3.46. The topological polar surface area (TPSA) is 65.5 Å². The number of hydrogen-bond donors (Lipinski definition) is 2. The van der Waals surface area contributed by atoms with E-state index in [1.807, 2.05) is 32.0 Å². The van der Waals surface area contributed by atoms with E-state index in [4.69, 9.17) is 0 Å². The number of carbonyl (C=O) groups excluding carboxylic acids is 1. The average Bonchev–Trinajstić information content (AvgIpc) is 2.61. The summed E-state index contributed by atoms with van der Waals surface area (Å²) in [6.45, 7) is 6.46. The van der Waals surface area contributed by atoms with Gasteiger partial charge in [-0.3, -0.25) is 14.7 Å². The number of nitrogens with zero attached hydrogens (tertiary/aromatic N) is 2. The standard InChI is InChI=1S/C20H27N3O2/c1-14-6-7-19-16(11-14)12-18(15(2)22-19)20(25)21-8-10-23-9-4-3-5-17(23)13-24/h6-7,11-12,17,24H,3-5,8-10,13H2,1-2H3,(H,21,25)/t17-/m0/s1. The summed E-state index contributed by atoms with van der Waals surface area (Å²) >= 11 is 0. The summed E-state index contributed by atoms with van der Waals surface area (Å²) in [6, 6.07) is 8.24. The predicted molar refractivity (Wildman–Crippen MR) is 99.8 cm³/mol. The highest BCUT2D eigenvalue weighted by molar-refractivity contribution is 5.98. The Morgan fingerprint density at radius 3 is 2.96 bits per heavy atom. The summed E-state index contributed by atoms with van der Waals surface area (Å²) < 4.78 is 0. The number of likely N-dealkylation sites (tertiary alicyclic amines) is 1. The molecule has 1 aromatic carbocycles. The number of rotatable bonds is 5. The number of aromatic nitrogens is 1. The lowest BCUT2D eigenvalue weighted by molar-refractivity contribution is 0.0849. The Bertz CT molecular complexity index is 760. The van der Waals surface area contributed by atoms with Crippen LogP contribution in [0, 0.1) is 13.8 Å². The van der Waals surface area contributed by atoms with E-state index in [1.54, 1.807) is 0 Å². The molecule has 3 rings (SSSR count). The number of aliphatic hydroxyl groups excluding tert-OH is 1. The van der Waals surface area contributed by atoms with Crippen LogP contribution >= 0.6 is 0 Å². The van der Waals surface area contributed by atoms with Crippen LogP contribution in [-0.2, 0) is 0 Å². The van der Waals surface area contributed by atoms with Gasteiger partial charge >= 0.3 is 0 Å². The minimum atomic E-state index is -0.0778. The molecule has 0 spiro atoms. The third-order valence-electron chi connectivity index (χ3n) is 5.05. The molecule has 1 fully saturated rings. The first-order valence-corrected chi connectivity index (χ1v) is 9.09. The van der Waals surface area contributed by atoms with Gasteiger partial charge in [-0.2, -0.15) is 0 Å². The number of fused-ring (bicyclic) bond motifs is 1. The first-order valence-electron chi connectivity index (χ1n) is 9.09. The molecule has 1 saturated heterocycles. The van der Waals surface area contributed by atoms with Gasteiger partial charge in [0, 0.05) is 24.5 Å². The molecule has 2 aromatic rings. The van der Waals surface area contributed by atoms with Gasteiger partial charge in [-0.15, -0.1) is 0 Å². The Hall–Kier alpha value is -1.98. The zero-order valence-electron chi connectivity index (χ0n) is 15.1. The molecular formula is C20H27N3O2. The molecule has 134 valence electrons. The first-order chi connectivity index (χ1) is 12.1. The fourth-order valence-corrected chi connectivity index (χ4v) is 3.59. The number of aryl methyl sites for hydroxylation is 2. The molecule has 2 heterocycles. The molecule has 1 aliphatic rings. The van der Waals surface area contributed by atoms with Crippen LogP contribution in [-0.4, -0.2) is 53.2 Å². The number of nitrogens with one attached hydrogen (secondary N) is 1. The first kappa shape index (κ1) is 17.8. The molecule has 0 radical (unpaired) electrons. The number of hydrogen-bond acceptors (Lipinski definition) is 4. The molecule has 5 nitrogen and oxygen atoms in total. The zero-order valence-corrected chi connectivity index (χ0v) is 15.1. The van der Waals surface area contributed by atoms with Crippen molar-refractivity contribution in [1.29, 1.82) is 0 Å². The van der Waals surface area contributed by atoms with Crippen molar-refractivity contribution >= 4 is 16.8 Å². The van der Waals surface area contributed by atoms with E-state index in [9.17, 15) is 9.90 Å². The molecular weight excluding hydrogens is 314 g/mol. The zero-order chi connectivity index (χ0) is 17.8. The van der Waals surface area contributed by atoms with Crippen molar-refractivity contribution in [3.63, 3.8) is 0 Å². The summed E-state index contributed by atoms with van der Waals surface area (Å²) in [5.74, 6) is -0.0778. The van der Waals surface area contributed by atoms with Gasteiger partial charge in [0.25, 0.3) is 5.91 Å². The molecule has 0 aliphatic carbocycles. The van der Waals surface area contributed by atoms with E-state index in [2.05, 4.69) is 21.3 Å². The van der Waals surface area contributed by atoms with Crippen LogP contribution in [0.1, 0.15) is 40.9 Å². The molecule has 2 N–H and O–H groups in total. The van der Waals surface area contributed by atoms with Crippen molar-refractivity contribution in [2.45, 2.75) is 39.2 Å². The van der Waals surface area contributed by atoms with E-state index >= 15 is 0 Å². The highest BCUT2D eigenvalue weighted by Gasteiger charge is 2.21. The molecule has 1 aromatic heterocycles. The minimum absolute atomic E-state index is 0.0778. The third kappa shape index (κ3) is 4.17. The van der Waals surface area contributed by atoms with E-state index < -0.39 is 0 Å². The van der Waals surface area contributed by atoms with Crippen molar-refractivity contribution in [3.05, 3.63) is 41.1 Å². The van der Waals surface area contributed by atoms with Gasteiger partial charge in [0.05, 0.1) is 23.4 Å². The van der Waals surface area contributed by atoms with Gasteiger partial charge in [0.15, 0.2) is 0 Å². The van der Waals surface area contributed by atoms with Crippen LogP contribution in [0.4, 0.5) is 0 Å². The van der Waals surface area contributed by atoms with Crippen LogP contribution in [0.15, 0.2) is 24.3 Å². The molecule has 0 bridgehead atoms. The summed E-state index contributed by atoms with van der Waals surface area (Å²) in [6.07, 6.45) is 3.38. The van der Waals surface area contributed by atoms with Gasteiger partial charge < -0.3 is 10.4 Å². The second-order valence-electron chi connectivity index (χ2n) is 6.94. The largest absolute Gasteiger partial charge is 0.395 e. The smallest absolute Gasteiger partial charge is 0.253 e. The third-order valence-corrected chi connectivity index (χ3v) is 5.05. The Morgan fingerprint density at radius 1 is 1.32 bits per heavy atom. The Morgan fingerprint density at radius 2 is 2.16 bits per heavy atom. The molecule has 5 heteroatoms. The van der Waals surface area contributed by atoms with Crippen molar-refractivity contribution in [2.24, 2.45) is 0 Å². The normalized spacial score (nSPS) is 18.4. The van der Waals surface area contributed by atoms with Crippen molar-refractivity contribution in [3.8, 4) is 0 Å². The second-order valence-corrected chi connectivity index (χ2v) is 6.94. The number of carbonyl (C=O) groups is 1. The van der Waals surface area contributed by atoms with E-state index in [-0.39, 0.29) is 18.6 Å². The fraction of sp³-hybridized carbons (Fsp3) is 0.500. The summed E-state index contributed by atoms with van der Waals surface area (Å²) in [4.78, 5) is 19.4. The number of benzene rings is 1. The van der Waals surface area contributed by atoms with Crippen LogP contribution in [0.3, 0.4) is 0 Å². The Balaban J connectivity index is 1.64. The quantitative estimate of drug-likeness (QED) is 0.877. The molecule has 1 aliphatic heterocycles. The fourth-order valence-electron chi connectivity index (χ4n) is 3.59. The monoisotopic (exact) mass is 341 g/mol. The van der Waals surface area contributed by atoms with Crippen molar-refractivity contribution < 1.29 is 9.90 Å². The van der Waals surface area contributed by atoms with E-state index in [0.717, 1.165) is 48.1 Å². The van der Waals surface area contributed by atoms with Gasteiger partial charge in [-0.05, 0) is 51.4 Å². The highest BCUT2D eigenvalue weighted by Crippen LogP contribution is 2.18. The second kappa shape index (κ2) is 7.93. The minimum Gasteiger partial charge on any atom is -0.395 e. The van der Waals surface area contributed by atoms with Gasteiger partial charge in [-0.25, -0.2) is 0 Å². The van der Waals surface area contributed by atoms with Gasteiger partial charge in [-0.1, -0.05) is 18.1 Å². The van der Waals surface area contributed by atoms with Crippen LogP contribution in [0.25, 0.3) is 10.9 Å². The lowest BCUT2D eigenvalue weighted by Crippen LogP contribution is -2.45. The maximum atomic E-state index is 12.6. The van der Waals surface area contributed by atoms with Gasteiger partial charge in [0.2, 0.25) is 0 Å². The van der Waals surface area contributed by atoms with Gasteiger partial charge in [0.1, 0.15) is 0 Å². The summed E-state index contributed by atoms with van der Waals surface area (Å²) in [7, 11) is 0. The molecule has 1 atom stereocenters. The van der Waals surface area contributed by atoms with Crippen LogP contribution in [0.5, 0.6) is 0 Å². The van der Waals surface area contributed by atoms with Crippen molar-refractivity contribution in [2.75, 3.05) is 26.2 Å². The van der Waals surface area contributed by atoms with E-state index in [1.165, 1.54) is 6.42 Å². The number of aliphatic hydroxyl groups is 1. The lowest BCUT2D eigenvalue weighted by atomic mass is 10.0. The molecule has 0 saturated carbocycles.